The first-order chi connectivity index (χ1) is 15.6. The Balaban J connectivity index is 1.35. The summed E-state index contributed by atoms with van der Waals surface area (Å²) in [6, 6.07) is 14.2. The highest BCUT2D eigenvalue weighted by molar-refractivity contribution is 5.83. The highest BCUT2D eigenvalue weighted by Gasteiger charge is 2.17. The van der Waals surface area contributed by atoms with Gasteiger partial charge in [-0.15, -0.1) is 5.10 Å². The third-order valence-corrected chi connectivity index (χ3v) is 6.24. The molecule has 5 heteroatoms. The summed E-state index contributed by atoms with van der Waals surface area (Å²) in [6.45, 7) is 4.23. The maximum Gasteiger partial charge on any atom is 0.141 e. The van der Waals surface area contributed by atoms with Crippen LogP contribution in [0, 0.1) is 6.92 Å². The molecule has 5 nitrogen and oxygen atoms in total. The first kappa shape index (κ1) is 22.3. The molecule has 1 aliphatic carbocycles. The van der Waals surface area contributed by atoms with E-state index in [9.17, 15) is 4.79 Å². The normalized spacial score (nSPS) is 14.1. The second-order valence-electron chi connectivity index (χ2n) is 8.93. The third-order valence-electron chi connectivity index (χ3n) is 6.24. The van der Waals surface area contributed by atoms with Gasteiger partial charge in [0.15, 0.2) is 0 Å². The number of ether oxygens (including phenoxy) is 1. The molecule has 1 aromatic heterocycles. The van der Waals surface area contributed by atoms with Crippen molar-refractivity contribution in [2.24, 2.45) is 0 Å². The zero-order valence-corrected chi connectivity index (χ0v) is 19.2. The Hall–Kier alpha value is -2.95. The first-order valence-corrected chi connectivity index (χ1v) is 11.9. The predicted molar refractivity (Wildman–Crippen MR) is 126 cm³/mol. The summed E-state index contributed by atoms with van der Waals surface area (Å²) in [5.74, 6) is 1.10. The molecule has 1 saturated carbocycles. The quantitative estimate of drug-likeness (QED) is 0.420. The zero-order chi connectivity index (χ0) is 22.3. The molecule has 0 saturated heterocycles. The molecular formula is C27H33N3O2. The van der Waals surface area contributed by atoms with Crippen molar-refractivity contribution in [1.82, 2.24) is 15.0 Å². The minimum absolute atomic E-state index is 0.210. The van der Waals surface area contributed by atoms with Crippen LogP contribution in [0.3, 0.4) is 0 Å². The minimum atomic E-state index is 0.210. The van der Waals surface area contributed by atoms with E-state index in [0.29, 0.717) is 18.9 Å². The third kappa shape index (κ3) is 5.84. The Morgan fingerprint density at radius 2 is 1.88 bits per heavy atom. The van der Waals surface area contributed by atoms with E-state index in [-0.39, 0.29) is 5.78 Å². The highest BCUT2D eigenvalue weighted by atomic mass is 16.5. The van der Waals surface area contributed by atoms with Gasteiger partial charge in [-0.05, 0) is 86.4 Å². The Labute approximate surface area is 190 Å². The molecular weight excluding hydrogens is 398 g/mol. The van der Waals surface area contributed by atoms with Gasteiger partial charge in [0.1, 0.15) is 11.5 Å². The molecule has 0 amide bonds. The molecule has 0 atom stereocenters. The fraction of sp³-hybridized carbons (Fsp3) is 0.444. The van der Waals surface area contributed by atoms with E-state index in [2.05, 4.69) is 36.3 Å². The lowest BCUT2D eigenvalue weighted by atomic mass is 9.99. The number of carbonyl (C=O) groups is 1. The molecule has 168 valence electrons. The van der Waals surface area contributed by atoms with E-state index >= 15 is 0 Å². The number of Topliss-reactive ketones (excluding diaryl/α,β-unsaturated/α-hetero) is 1. The Kier molecular flexibility index (Phi) is 7.35. The monoisotopic (exact) mass is 431 g/mol. The van der Waals surface area contributed by atoms with Crippen LogP contribution >= 0.6 is 0 Å². The number of carbonyl (C=O) groups excluding carboxylic acids is 1. The number of hydrogen-bond acceptors (Lipinski definition) is 4. The minimum Gasteiger partial charge on any atom is -0.490 e. The SMILES string of the molecule is CCCCc1cn(-c2ccc(CC(=O)Cc3cc(OC4CCCC4)ccc3C)cc2)nn1. The smallest absolute Gasteiger partial charge is 0.141 e. The predicted octanol–water partition coefficient (Wildman–Crippen LogP) is 5.59. The van der Waals surface area contributed by atoms with E-state index in [1.807, 2.05) is 36.5 Å². The Morgan fingerprint density at radius 3 is 2.62 bits per heavy atom. The van der Waals surface area contributed by atoms with Crippen molar-refractivity contribution in [3.05, 3.63) is 71.0 Å². The van der Waals surface area contributed by atoms with Crippen molar-refractivity contribution in [3.63, 3.8) is 0 Å². The number of hydrogen-bond donors (Lipinski definition) is 0. The van der Waals surface area contributed by atoms with Crippen LogP contribution in [-0.2, 0) is 24.1 Å². The number of rotatable bonds is 10. The molecule has 32 heavy (non-hydrogen) atoms. The van der Waals surface area contributed by atoms with Crippen molar-refractivity contribution in [2.75, 3.05) is 0 Å². The molecule has 0 N–H and O–H groups in total. The fourth-order valence-corrected chi connectivity index (χ4v) is 4.28. The van der Waals surface area contributed by atoms with E-state index in [1.54, 1.807) is 4.68 Å². The molecule has 0 unspecified atom stereocenters. The molecule has 0 bridgehead atoms. The van der Waals surface area contributed by atoms with Crippen LogP contribution in [0.25, 0.3) is 5.69 Å². The van der Waals surface area contributed by atoms with Crippen LogP contribution in [0.2, 0.25) is 0 Å². The van der Waals surface area contributed by atoms with Crippen LogP contribution in [0.1, 0.15) is 67.8 Å². The van der Waals surface area contributed by atoms with Crippen molar-refractivity contribution in [2.45, 2.75) is 77.7 Å². The molecule has 1 fully saturated rings. The van der Waals surface area contributed by atoms with Gasteiger partial charge >= 0.3 is 0 Å². The lowest BCUT2D eigenvalue weighted by Gasteiger charge is -2.15. The van der Waals surface area contributed by atoms with E-state index in [1.165, 1.54) is 12.8 Å². The highest BCUT2D eigenvalue weighted by Crippen LogP contribution is 2.26. The summed E-state index contributed by atoms with van der Waals surface area (Å²) >= 11 is 0. The van der Waals surface area contributed by atoms with Gasteiger partial charge in [0.25, 0.3) is 0 Å². The summed E-state index contributed by atoms with van der Waals surface area (Å²) in [5.41, 5.74) is 5.19. The largest absolute Gasteiger partial charge is 0.490 e. The van der Waals surface area contributed by atoms with Crippen LogP contribution < -0.4 is 4.74 Å². The molecule has 3 aromatic rings. The summed E-state index contributed by atoms with van der Waals surface area (Å²) in [4.78, 5) is 12.8. The first-order valence-electron chi connectivity index (χ1n) is 11.9. The number of aromatic nitrogens is 3. The number of ketones is 1. The molecule has 2 aromatic carbocycles. The number of nitrogens with zero attached hydrogens (tertiary/aromatic N) is 3. The second kappa shape index (κ2) is 10.6. The van der Waals surface area contributed by atoms with Crippen LogP contribution in [0.15, 0.2) is 48.7 Å². The number of benzene rings is 2. The van der Waals surface area contributed by atoms with Crippen molar-refractivity contribution in [1.29, 1.82) is 0 Å². The van der Waals surface area contributed by atoms with Gasteiger partial charge in [-0.25, -0.2) is 4.68 Å². The van der Waals surface area contributed by atoms with Crippen LogP contribution in [-0.4, -0.2) is 26.9 Å². The molecule has 0 radical (unpaired) electrons. The summed E-state index contributed by atoms with van der Waals surface area (Å²) in [6.07, 6.45) is 11.1. The van der Waals surface area contributed by atoms with Gasteiger partial charge in [0, 0.05) is 12.8 Å². The molecule has 1 aliphatic rings. The average Bonchev–Trinajstić information content (AvgIpc) is 3.47. The molecule has 1 heterocycles. The molecule has 4 rings (SSSR count). The van der Waals surface area contributed by atoms with Crippen molar-refractivity contribution < 1.29 is 9.53 Å². The van der Waals surface area contributed by atoms with Crippen molar-refractivity contribution in [3.8, 4) is 11.4 Å². The number of unbranched alkanes of at least 4 members (excludes halogenated alkanes) is 1. The average molecular weight is 432 g/mol. The summed E-state index contributed by atoms with van der Waals surface area (Å²) in [5, 5.41) is 8.47. The van der Waals surface area contributed by atoms with Gasteiger partial charge in [0.2, 0.25) is 0 Å². The van der Waals surface area contributed by atoms with E-state index in [4.69, 9.17) is 4.74 Å². The van der Waals surface area contributed by atoms with Gasteiger partial charge in [-0.3, -0.25) is 4.79 Å². The standard InChI is InChI=1S/C27H33N3O2/c1-3-4-7-23-19-30(29-28-23)24-13-11-21(12-14-24)16-25(31)17-22-18-27(15-10-20(22)2)32-26-8-5-6-9-26/h10-15,18-19,26H,3-9,16-17H2,1-2H3. The van der Waals surface area contributed by atoms with Gasteiger partial charge in [0.05, 0.1) is 23.7 Å². The molecule has 0 spiro atoms. The Morgan fingerprint density at radius 1 is 1.09 bits per heavy atom. The Bertz CT molecular complexity index is 1030. The fourth-order valence-electron chi connectivity index (χ4n) is 4.28. The molecule has 0 aliphatic heterocycles. The van der Waals surface area contributed by atoms with Gasteiger partial charge < -0.3 is 4.74 Å². The maximum atomic E-state index is 12.8. The lowest BCUT2D eigenvalue weighted by molar-refractivity contribution is -0.117. The topological polar surface area (TPSA) is 57.0 Å². The number of aryl methyl sites for hydroxylation is 2. The van der Waals surface area contributed by atoms with E-state index < -0.39 is 0 Å². The van der Waals surface area contributed by atoms with Crippen LogP contribution in [0.5, 0.6) is 5.75 Å². The van der Waals surface area contributed by atoms with Gasteiger partial charge in [-0.2, -0.15) is 0 Å². The van der Waals surface area contributed by atoms with Crippen LogP contribution in [0.4, 0.5) is 0 Å². The second-order valence-corrected chi connectivity index (χ2v) is 8.93. The van der Waals surface area contributed by atoms with Gasteiger partial charge in [-0.1, -0.05) is 36.8 Å². The van der Waals surface area contributed by atoms with E-state index in [0.717, 1.165) is 65.9 Å². The zero-order valence-electron chi connectivity index (χ0n) is 19.2. The maximum absolute atomic E-state index is 12.8. The van der Waals surface area contributed by atoms with Crippen molar-refractivity contribution >= 4 is 5.78 Å². The summed E-state index contributed by atoms with van der Waals surface area (Å²) in [7, 11) is 0. The lowest BCUT2D eigenvalue weighted by Crippen LogP contribution is -2.12. The summed E-state index contributed by atoms with van der Waals surface area (Å²) < 4.78 is 7.93.